The molecule has 0 aliphatic carbocycles. The number of para-hydroxylation sites is 1. The summed E-state index contributed by atoms with van der Waals surface area (Å²) in [7, 11) is 0. The van der Waals surface area contributed by atoms with Gasteiger partial charge in [0.1, 0.15) is 5.75 Å². The van der Waals surface area contributed by atoms with E-state index in [4.69, 9.17) is 4.74 Å². The molecule has 116 valence electrons. The van der Waals surface area contributed by atoms with E-state index in [1.807, 2.05) is 48.5 Å². The maximum atomic E-state index is 12.4. The third-order valence-electron chi connectivity index (χ3n) is 3.71. The van der Waals surface area contributed by atoms with Crippen molar-refractivity contribution in [3.8, 4) is 5.75 Å². The number of esters is 1. The van der Waals surface area contributed by atoms with Crippen LogP contribution in [0.25, 0.3) is 0 Å². The number of rotatable bonds is 3. The standard InChI is InChI=1S/C20H24O2/c1-14(2)15-10-12-16(13-11-15)19(21)22-18-9-7-6-8-17(18)20(3,4)5/h6-14H,1-5H3. The molecule has 0 fully saturated rings. The number of carbonyl (C=O) groups excluding carboxylic acids is 1. The molecule has 0 heterocycles. The second kappa shape index (κ2) is 6.35. The third-order valence-corrected chi connectivity index (χ3v) is 3.71. The molecule has 0 amide bonds. The van der Waals surface area contributed by atoms with Crippen molar-refractivity contribution in [2.45, 2.75) is 46.0 Å². The number of carbonyl (C=O) groups is 1. The van der Waals surface area contributed by atoms with E-state index in [0.717, 1.165) is 5.56 Å². The van der Waals surface area contributed by atoms with Gasteiger partial charge in [0.2, 0.25) is 0 Å². The Morgan fingerprint density at radius 1 is 0.955 bits per heavy atom. The first-order valence-corrected chi connectivity index (χ1v) is 7.70. The lowest BCUT2D eigenvalue weighted by molar-refractivity contribution is 0.0732. The molecule has 0 spiro atoms. The zero-order valence-electron chi connectivity index (χ0n) is 14.0. The molecule has 0 atom stereocenters. The van der Waals surface area contributed by atoms with Crippen molar-refractivity contribution in [2.24, 2.45) is 0 Å². The summed E-state index contributed by atoms with van der Waals surface area (Å²) in [5.74, 6) is 0.770. The van der Waals surface area contributed by atoms with Crippen LogP contribution in [-0.4, -0.2) is 5.97 Å². The molecule has 0 N–H and O–H groups in total. The average Bonchev–Trinajstić information content (AvgIpc) is 2.46. The molecule has 2 aromatic carbocycles. The van der Waals surface area contributed by atoms with E-state index in [0.29, 0.717) is 17.2 Å². The van der Waals surface area contributed by atoms with Crippen LogP contribution >= 0.6 is 0 Å². The summed E-state index contributed by atoms with van der Waals surface area (Å²) < 4.78 is 5.62. The molecule has 0 aliphatic rings. The highest BCUT2D eigenvalue weighted by molar-refractivity contribution is 5.91. The van der Waals surface area contributed by atoms with E-state index in [9.17, 15) is 4.79 Å². The van der Waals surface area contributed by atoms with E-state index in [2.05, 4.69) is 34.6 Å². The summed E-state index contributed by atoms with van der Waals surface area (Å²) in [6, 6.07) is 15.3. The summed E-state index contributed by atoms with van der Waals surface area (Å²) in [5.41, 5.74) is 2.75. The van der Waals surface area contributed by atoms with Crippen molar-refractivity contribution >= 4 is 5.97 Å². The maximum absolute atomic E-state index is 12.4. The zero-order chi connectivity index (χ0) is 16.3. The van der Waals surface area contributed by atoms with Crippen LogP contribution in [-0.2, 0) is 5.41 Å². The van der Waals surface area contributed by atoms with Crippen LogP contribution in [0.1, 0.15) is 62.0 Å². The fourth-order valence-electron chi connectivity index (χ4n) is 2.34. The van der Waals surface area contributed by atoms with Crippen molar-refractivity contribution in [3.05, 3.63) is 65.2 Å². The molecule has 0 aliphatic heterocycles. The van der Waals surface area contributed by atoms with Gasteiger partial charge in [-0.25, -0.2) is 4.79 Å². The Morgan fingerprint density at radius 2 is 1.55 bits per heavy atom. The van der Waals surface area contributed by atoms with Gasteiger partial charge in [0.05, 0.1) is 5.56 Å². The Bertz CT molecular complexity index is 646. The van der Waals surface area contributed by atoms with Gasteiger partial charge in [-0.05, 0) is 35.1 Å². The quantitative estimate of drug-likeness (QED) is 0.565. The zero-order valence-corrected chi connectivity index (χ0v) is 14.0. The Hall–Kier alpha value is -2.09. The molecule has 2 heteroatoms. The molecule has 0 saturated carbocycles. The first kappa shape index (κ1) is 16.3. The van der Waals surface area contributed by atoms with E-state index in [1.54, 1.807) is 0 Å². The third kappa shape index (κ3) is 3.76. The molecule has 0 saturated heterocycles. The minimum Gasteiger partial charge on any atom is -0.423 e. The second-order valence-corrected chi connectivity index (χ2v) is 6.91. The van der Waals surface area contributed by atoms with Gasteiger partial charge in [0.25, 0.3) is 0 Å². The summed E-state index contributed by atoms with van der Waals surface area (Å²) in [6.45, 7) is 10.6. The van der Waals surface area contributed by atoms with Crippen molar-refractivity contribution in [1.29, 1.82) is 0 Å². The predicted molar refractivity (Wildman–Crippen MR) is 90.6 cm³/mol. The Balaban J connectivity index is 2.22. The number of hydrogen-bond acceptors (Lipinski definition) is 2. The summed E-state index contributed by atoms with van der Waals surface area (Å²) in [5, 5.41) is 0. The highest BCUT2D eigenvalue weighted by Gasteiger charge is 2.20. The lowest BCUT2D eigenvalue weighted by atomic mass is 9.86. The van der Waals surface area contributed by atoms with Gasteiger partial charge in [0, 0.05) is 5.56 Å². The van der Waals surface area contributed by atoms with Crippen LogP contribution in [0.2, 0.25) is 0 Å². The smallest absolute Gasteiger partial charge is 0.343 e. The number of ether oxygens (including phenoxy) is 1. The average molecular weight is 296 g/mol. The van der Waals surface area contributed by atoms with Gasteiger partial charge >= 0.3 is 5.97 Å². The molecular weight excluding hydrogens is 272 g/mol. The van der Waals surface area contributed by atoms with E-state index < -0.39 is 0 Å². The van der Waals surface area contributed by atoms with Crippen LogP contribution in [0.3, 0.4) is 0 Å². The molecule has 0 radical (unpaired) electrons. The lowest BCUT2D eigenvalue weighted by Crippen LogP contribution is -2.16. The van der Waals surface area contributed by atoms with Gasteiger partial charge in [-0.1, -0.05) is 65.0 Å². The second-order valence-electron chi connectivity index (χ2n) is 6.91. The molecule has 2 aromatic rings. The molecule has 0 unspecified atom stereocenters. The first-order valence-electron chi connectivity index (χ1n) is 7.70. The molecular formula is C20H24O2. The van der Waals surface area contributed by atoms with Gasteiger partial charge in [-0.15, -0.1) is 0 Å². The maximum Gasteiger partial charge on any atom is 0.343 e. The van der Waals surface area contributed by atoms with Gasteiger partial charge in [0.15, 0.2) is 0 Å². The van der Waals surface area contributed by atoms with Crippen LogP contribution in [0.4, 0.5) is 0 Å². The molecule has 2 nitrogen and oxygen atoms in total. The molecule has 0 bridgehead atoms. The highest BCUT2D eigenvalue weighted by atomic mass is 16.5. The van der Waals surface area contributed by atoms with E-state index in [-0.39, 0.29) is 11.4 Å². The minimum atomic E-state index is -0.313. The SMILES string of the molecule is CC(C)c1ccc(C(=O)Oc2ccccc2C(C)(C)C)cc1. The normalized spacial score (nSPS) is 11.5. The van der Waals surface area contributed by atoms with Crippen LogP contribution in [0, 0.1) is 0 Å². The van der Waals surface area contributed by atoms with Gasteiger partial charge < -0.3 is 4.74 Å². The predicted octanol–water partition coefficient (Wildman–Crippen LogP) is 5.33. The van der Waals surface area contributed by atoms with Gasteiger partial charge in [-0.3, -0.25) is 0 Å². The molecule has 0 aromatic heterocycles. The Morgan fingerprint density at radius 3 is 2.09 bits per heavy atom. The number of hydrogen-bond donors (Lipinski definition) is 0. The molecule has 2 rings (SSSR count). The highest BCUT2D eigenvalue weighted by Crippen LogP contribution is 2.31. The Labute approximate surface area is 133 Å². The fourth-order valence-corrected chi connectivity index (χ4v) is 2.34. The largest absolute Gasteiger partial charge is 0.423 e. The summed E-state index contributed by atoms with van der Waals surface area (Å²) in [6.07, 6.45) is 0. The van der Waals surface area contributed by atoms with Crippen molar-refractivity contribution in [1.82, 2.24) is 0 Å². The summed E-state index contributed by atoms with van der Waals surface area (Å²) >= 11 is 0. The van der Waals surface area contributed by atoms with E-state index >= 15 is 0 Å². The van der Waals surface area contributed by atoms with Crippen LogP contribution in [0.5, 0.6) is 5.75 Å². The van der Waals surface area contributed by atoms with Crippen molar-refractivity contribution in [3.63, 3.8) is 0 Å². The van der Waals surface area contributed by atoms with Crippen LogP contribution in [0.15, 0.2) is 48.5 Å². The topological polar surface area (TPSA) is 26.3 Å². The summed E-state index contributed by atoms with van der Waals surface area (Å²) in [4.78, 5) is 12.4. The molecule has 22 heavy (non-hydrogen) atoms. The van der Waals surface area contributed by atoms with E-state index in [1.165, 1.54) is 5.56 Å². The minimum absolute atomic E-state index is 0.0711. The monoisotopic (exact) mass is 296 g/mol. The lowest BCUT2D eigenvalue weighted by Gasteiger charge is -2.22. The van der Waals surface area contributed by atoms with Gasteiger partial charge in [-0.2, -0.15) is 0 Å². The first-order chi connectivity index (χ1) is 10.3. The Kier molecular flexibility index (Phi) is 4.70. The van der Waals surface area contributed by atoms with Crippen LogP contribution < -0.4 is 4.74 Å². The van der Waals surface area contributed by atoms with Crippen molar-refractivity contribution < 1.29 is 9.53 Å². The van der Waals surface area contributed by atoms with Crippen molar-refractivity contribution in [2.75, 3.05) is 0 Å². The number of benzene rings is 2. The fraction of sp³-hybridized carbons (Fsp3) is 0.350.